The Labute approximate surface area is 173 Å². The van der Waals surface area contributed by atoms with Crippen LogP contribution in [0.1, 0.15) is 10.4 Å². The van der Waals surface area contributed by atoms with Gasteiger partial charge in [0.15, 0.2) is 0 Å². The van der Waals surface area contributed by atoms with Gasteiger partial charge in [0.1, 0.15) is 17.2 Å². The smallest absolute Gasteiger partial charge is 0.255 e. The second kappa shape index (κ2) is 7.64. The maximum absolute atomic E-state index is 13.4. The fourth-order valence-electron chi connectivity index (χ4n) is 3.40. The van der Waals surface area contributed by atoms with Crippen molar-refractivity contribution in [3.8, 4) is 22.5 Å². The van der Waals surface area contributed by atoms with Crippen molar-refractivity contribution in [1.82, 2.24) is 5.32 Å². The number of fused-ring (bicyclic) bond motifs is 1. The molecule has 0 unspecified atom stereocenters. The van der Waals surface area contributed by atoms with Gasteiger partial charge in [-0.15, -0.1) is 0 Å². The highest BCUT2D eigenvalue weighted by Crippen LogP contribution is 2.40. The van der Waals surface area contributed by atoms with E-state index in [4.69, 9.17) is 4.42 Å². The number of amides is 1. The van der Waals surface area contributed by atoms with Crippen LogP contribution in [0.4, 0.5) is 10.1 Å². The van der Waals surface area contributed by atoms with Crippen LogP contribution in [0.3, 0.4) is 0 Å². The summed E-state index contributed by atoms with van der Waals surface area (Å²) in [5.41, 5.74) is 4.36. The lowest BCUT2D eigenvalue weighted by Gasteiger charge is -2.16. The summed E-state index contributed by atoms with van der Waals surface area (Å²) in [5, 5.41) is 3.36. The summed E-state index contributed by atoms with van der Waals surface area (Å²) in [6.07, 6.45) is 0. The Balaban J connectivity index is 2.04. The lowest BCUT2D eigenvalue weighted by Crippen LogP contribution is -2.18. The van der Waals surface area contributed by atoms with Gasteiger partial charge < -0.3 is 14.0 Å². The summed E-state index contributed by atoms with van der Waals surface area (Å²) in [6.45, 7) is 0. The normalized spacial score (nSPS) is 10.9. The van der Waals surface area contributed by atoms with Crippen molar-refractivity contribution < 1.29 is 13.6 Å². The fourth-order valence-corrected chi connectivity index (χ4v) is 3.57. The molecule has 6 heteroatoms. The number of halogens is 1. The van der Waals surface area contributed by atoms with E-state index >= 15 is 0 Å². The topological polar surface area (TPSA) is 45.5 Å². The minimum absolute atomic E-state index is 0.269. The van der Waals surface area contributed by atoms with Crippen molar-refractivity contribution in [1.29, 1.82) is 0 Å². The molecule has 146 valence electrons. The molecule has 0 aliphatic rings. The summed E-state index contributed by atoms with van der Waals surface area (Å²) < 4.78 is 21.2. The number of hydrogen-bond donors (Lipinski definition) is 2. The van der Waals surface area contributed by atoms with Crippen LogP contribution in [0.15, 0.2) is 71.1 Å². The van der Waals surface area contributed by atoms with Crippen LogP contribution >= 0.6 is 12.8 Å². The number of furan rings is 1. The Morgan fingerprint density at radius 3 is 2.34 bits per heavy atom. The molecule has 0 aliphatic carbocycles. The summed E-state index contributed by atoms with van der Waals surface area (Å²) in [6, 6.07) is 19.6. The van der Waals surface area contributed by atoms with Crippen LogP contribution < -0.4 is 9.62 Å². The Hall–Kier alpha value is -3.25. The van der Waals surface area contributed by atoms with Gasteiger partial charge in [0, 0.05) is 36.7 Å². The Morgan fingerprint density at radius 1 is 1.03 bits per heavy atom. The first-order valence-corrected chi connectivity index (χ1v) is 9.46. The summed E-state index contributed by atoms with van der Waals surface area (Å²) in [5.74, 6) is -0.219. The van der Waals surface area contributed by atoms with E-state index in [1.165, 1.54) is 12.1 Å². The highest BCUT2D eigenvalue weighted by molar-refractivity contribution is 7.81. The molecule has 0 radical (unpaired) electrons. The number of nitrogens with one attached hydrogen (secondary N) is 1. The van der Waals surface area contributed by atoms with E-state index in [1.807, 2.05) is 49.5 Å². The molecule has 4 aromatic rings. The average molecular weight is 406 g/mol. The molecular weight excluding hydrogens is 387 g/mol. The van der Waals surface area contributed by atoms with Gasteiger partial charge in [-0.25, -0.2) is 4.39 Å². The van der Waals surface area contributed by atoms with E-state index in [-0.39, 0.29) is 11.7 Å². The molecule has 0 bridgehead atoms. The van der Waals surface area contributed by atoms with Gasteiger partial charge in [-0.3, -0.25) is 4.79 Å². The van der Waals surface area contributed by atoms with Gasteiger partial charge >= 0.3 is 0 Å². The summed E-state index contributed by atoms with van der Waals surface area (Å²) in [7, 11) is 3.41. The Morgan fingerprint density at radius 2 is 1.72 bits per heavy atom. The first-order chi connectivity index (χ1) is 14.0. The van der Waals surface area contributed by atoms with Crippen molar-refractivity contribution in [3.05, 3.63) is 78.1 Å². The van der Waals surface area contributed by atoms with E-state index < -0.39 is 0 Å². The number of nitrogens with zero attached hydrogens (tertiary/aromatic N) is 1. The largest absolute Gasteiger partial charge is 0.455 e. The minimum Gasteiger partial charge on any atom is -0.455 e. The van der Waals surface area contributed by atoms with Crippen LogP contribution in [-0.4, -0.2) is 20.0 Å². The van der Waals surface area contributed by atoms with Crippen molar-refractivity contribution in [2.75, 3.05) is 18.4 Å². The standard InChI is InChI=1S/C23H19FN2O2S/c1-25-23(27)21-18-12-17(14-6-4-3-5-7-14)19(26(2)29)13-20(18)28-22(21)15-8-10-16(24)11-9-15/h3-13,29H,1-2H3,(H,25,27). The molecule has 1 N–H and O–H groups in total. The molecule has 0 aliphatic heterocycles. The van der Waals surface area contributed by atoms with Crippen LogP contribution in [0.2, 0.25) is 0 Å². The van der Waals surface area contributed by atoms with E-state index in [0.29, 0.717) is 27.9 Å². The second-order valence-electron chi connectivity index (χ2n) is 6.65. The van der Waals surface area contributed by atoms with E-state index in [2.05, 4.69) is 18.1 Å². The first kappa shape index (κ1) is 19.1. The van der Waals surface area contributed by atoms with Crippen LogP contribution in [0, 0.1) is 5.82 Å². The monoisotopic (exact) mass is 406 g/mol. The molecule has 4 rings (SSSR count). The second-order valence-corrected chi connectivity index (χ2v) is 7.25. The van der Waals surface area contributed by atoms with Gasteiger partial charge in [0.25, 0.3) is 5.91 Å². The number of rotatable bonds is 4. The quantitative estimate of drug-likeness (QED) is 0.437. The third-order valence-electron chi connectivity index (χ3n) is 4.80. The highest BCUT2D eigenvalue weighted by atomic mass is 32.1. The predicted octanol–water partition coefficient (Wildman–Crippen LogP) is 5.55. The molecule has 0 atom stereocenters. The number of hydrogen-bond acceptors (Lipinski definition) is 4. The van der Waals surface area contributed by atoms with E-state index in [9.17, 15) is 9.18 Å². The molecule has 1 heterocycles. The van der Waals surface area contributed by atoms with E-state index in [0.717, 1.165) is 16.8 Å². The van der Waals surface area contributed by atoms with Gasteiger partial charge in [-0.1, -0.05) is 43.1 Å². The molecule has 0 saturated carbocycles. The predicted molar refractivity (Wildman–Crippen MR) is 118 cm³/mol. The van der Waals surface area contributed by atoms with Crippen molar-refractivity contribution in [2.24, 2.45) is 0 Å². The SMILES string of the molecule is CNC(=O)c1c(-c2ccc(F)cc2)oc2cc(N(C)S)c(-c3ccccc3)cc12. The summed E-state index contributed by atoms with van der Waals surface area (Å²) >= 11 is 4.48. The molecule has 0 spiro atoms. The van der Waals surface area contributed by atoms with Crippen LogP contribution in [0.25, 0.3) is 33.4 Å². The number of carbonyl (C=O) groups excluding carboxylic acids is 1. The molecule has 0 fully saturated rings. The summed E-state index contributed by atoms with van der Waals surface area (Å²) in [4.78, 5) is 12.7. The Kier molecular flexibility index (Phi) is 5.03. The van der Waals surface area contributed by atoms with Crippen molar-refractivity contribution in [2.45, 2.75) is 0 Å². The maximum Gasteiger partial charge on any atom is 0.255 e. The molecule has 1 amide bonds. The molecular formula is C23H19FN2O2S. The van der Waals surface area contributed by atoms with Gasteiger partial charge in [-0.05, 0) is 35.9 Å². The molecule has 0 saturated heterocycles. The lowest BCUT2D eigenvalue weighted by molar-refractivity contribution is 0.0964. The molecule has 3 aromatic carbocycles. The van der Waals surface area contributed by atoms with Gasteiger partial charge in [-0.2, -0.15) is 0 Å². The molecule has 1 aromatic heterocycles. The highest BCUT2D eigenvalue weighted by Gasteiger charge is 2.23. The minimum atomic E-state index is -0.350. The molecule has 29 heavy (non-hydrogen) atoms. The fraction of sp³-hybridized carbons (Fsp3) is 0.0870. The first-order valence-electron chi connectivity index (χ1n) is 9.06. The third-order valence-corrected chi connectivity index (χ3v) is 5.02. The van der Waals surface area contributed by atoms with Crippen molar-refractivity contribution >= 4 is 35.4 Å². The zero-order valence-corrected chi connectivity index (χ0v) is 16.8. The van der Waals surface area contributed by atoms with Crippen molar-refractivity contribution in [3.63, 3.8) is 0 Å². The van der Waals surface area contributed by atoms with Crippen LogP contribution in [0.5, 0.6) is 0 Å². The zero-order chi connectivity index (χ0) is 20.5. The zero-order valence-electron chi connectivity index (χ0n) is 15.9. The average Bonchev–Trinajstić information content (AvgIpc) is 3.11. The Bertz CT molecular complexity index is 1190. The van der Waals surface area contributed by atoms with E-state index in [1.54, 1.807) is 23.5 Å². The van der Waals surface area contributed by atoms with Gasteiger partial charge in [0.05, 0.1) is 11.3 Å². The maximum atomic E-state index is 13.4. The number of carbonyl (C=O) groups is 1. The number of benzene rings is 3. The number of thiol groups is 1. The van der Waals surface area contributed by atoms with Crippen LogP contribution in [-0.2, 0) is 0 Å². The third kappa shape index (κ3) is 3.47. The lowest BCUT2D eigenvalue weighted by atomic mass is 9.98. The van der Waals surface area contributed by atoms with Gasteiger partial charge in [0.2, 0.25) is 0 Å². The number of anilines is 1. The molecule has 4 nitrogen and oxygen atoms in total.